The van der Waals surface area contributed by atoms with Crippen LogP contribution in [0.3, 0.4) is 0 Å². The summed E-state index contributed by atoms with van der Waals surface area (Å²) in [6.45, 7) is 3.02. The van der Waals surface area contributed by atoms with Crippen LogP contribution in [-0.4, -0.2) is 32.2 Å². The Balaban J connectivity index is 1.52. The zero-order valence-corrected chi connectivity index (χ0v) is 15.2. The molecule has 6 nitrogen and oxygen atoms in total. The van der Waals surface area contributed by atoms with Crippen LogP contribution in [0.4, 0.5) is 19.3 Å². The first-order valence-corrected chi connectivity index (χ1v) is 9.44. The van der Waals surface area contributed by atoms with Gasteiger partial charge in [0.2, 0.25) is 0 Å². The average Bonchev–Trinajstić information content (AvgIpc) is 3.31. The minimum atomic E-state index is -2.64. The molecule has 1 saturated carbocycles. The molecular weight excluding hydrogens is 352 g/mol. The molecule has 4 rings (SSSR count). The van der Waals surface area contributed by atoms with Gasteiger partial charge in [-0.25, -0.2) is 13.6 Å². The Morgan fingerprint density at radius 2 is 1.85 bits per heavy atom. The SMILES string of the molecule is C[C@@H]1c2nnc(C3CCCC3)n2CCN1C(=O)Nc1ccccc1C(F)F. The normalized spacial score (nSPS) is 20.1. The number of hydrogen-bond acceptors (Lipinski definition) is 3. The summed E-state index contributed by atoms with van der Waals surface area (Å²) >= 11 is 0. The Hall–Kier alpha value is -2.51. The highest BCUT2D eigenvalue weighted by atomic mass is 19.3. The van der Waals surface area contributed by atoms with Crippen LogP contribution in [0, 0.1) is 0 Å². The predicted molar refractivity (Wildman–Crippen MR) is 96.8 cm³/mol. The second kappa shape index (κ2) is 7.25. The largest absolute Gasteiger partial charge is 0.322 e. The number of nitrogens with one attached hydrogen (secondary N) is 1. The van der Waals surface area contributed by atoms with E-state index in [2.05, 4.69) is 20.1 Å². The van der Waals surface area contributed by atoms with E-state index in [1.165, 1.54) is 31.0 Å². The van der Waals surface area contributed by atoms with Gasteiger partial charge in [-0.05, 0) is 25.8 Å². The molecule has 8 heteroatoms. The van der Waals surface area contributed by atoms with Crippen molar-refractivity contribution in [2.75, 3.05) is 11.9 Å². The lowest BCUT2D eigenvalue weighted by Crippen LogP contribution is -2.43. The molecule has 0 spiro atoms. The van der Waals surface area contributed by atoms with E-state index in [9.17, 15) is 13.6 Å². The van der Waals surface area contributed by atoms with E-state index in [-0.39, 0.29) is 17.3 Å². The van der Waals surface area contributed by atoms with Gasteiger partial charge < -0.3 is 14.8 Å². The Morgan fingerprint density at radius 3 is 2.59 bits per heavy atom. The summed E-state index contributed by atoms with van der Waals surface area (Å²) in [7, 11) is 0. The van der Waals surface area contributed by atoms with Crippen LogP contribution in [0.5, 0.6) is 0 Å². The standard InChI is InChI=1S/C19H23F2N5O/c1-12-17-23-24-18(13-6-2-3-7-13)26(17)11-10-25(12)19(27)22-15-9-5-4-8-14(15)16(20)21/h4-5,8-9,12-13,16H,2-3,6-7,10-11H2,1H3,(H,22,27)/t12-/m1/s1. The number of halogens is 2. The Morgan fingerprint density at radius 1 is 1.15 bits per heavy atom. The molecule has 2 amide bonds. The van der Waals surface area contributed by atoms with Gasteiger partial charge in [-0.1, -0.05) is 31.0 Å². The zero-order chi connectivity index (χ0) is 19.0. The molecule has 0 saturated heterocycles. The monoisotopic (exact) mass is 375 g/mol. The number of hydrogen-bond donors (Lipinski definition) is 1. The lowest BCUT2D eigenvalue weighted by Gasteiger charge is -2.34. The summed E-state index contributed by atoms with van der Waals surface area (Å²) in [5.74, 6) is 2.25. The lowest BCUT2D eigenvalue weighted by atomic mass is 10.1. The Bertz CT molecular complexity index is 831. The predicted octanol–water partition coefficient (Wildman–Crippen LogP) is 4.48. The van der Waals surface area contributed by atoms with E-state index in [0.717, 1.165) is 24.5 Å². The third-order valence-electron chi connectivity index (χ3n) is 5.63. The van der Waals surface area contributed by atoms with Gasteiger partial charge in [-0.2, -0.15) is 0 Å². The smallest absolute Gasteiger partial charge is 0.313 e. The van der Waals surface area contributed by atoms with Crippen LogP contribution < -0.4 is 5.32 Å². The minimum Gasteiger partial charge on any atom is -0.313 e. The van der Waals surface area contributed by atoms with E-state index < -0.39 is 12.5 Å². The van der Waals surface area contributed by atoms with Crippen molar-refractivity contribution < 1.29 is 13.6 Å². The lowest BCUT2D eigenvalue weighted by molar-refractivity contribution is 0.152. The van der Waals surface area contributed by atoms with Crippen molar-refractivity contribution in [2.24, 2.45) is 0 Å². The highest BCUT2D eigenvalue weighted by molar-refractivity contribution is 5.90. The van der Waals surface area contributed by atoms with Gasteiger partial charge in [0, 0.05) is 24.6 Å². The molecule has 2 aromatic rings. The number of urea groups is 1. The number of anilines is 1. The molecule has 1 aliphatic carbocycles. The fraction of sp³-hybridized carbons (Fsp3) is 0.526. The highest BCUT2D eigenvalue weighted by Crippen LogP contribution is 2.36. The molecular formula is C19H23F2N5O. The number of alkyl halides is 2. The average molecular weight is 375 g/mol. The number of nitrogens with zero attached hydrogens (tertiary/aromatic N) is 4. The number of para-hydroxylation sites is 1. The van der Waals surface area contributed by atoms with Crippen molar-refractivity contribution in [1.82, 2.24) is 19.7 Å². The third-order valence-corrected chi connectivity index (χ3v) is 5.63. The number of carbonyl (C=O) groups excluding carboxylic acids is 1. The molecule has 0 radical (unpaired) electrons. The van der Waals surface area contributed by atoms with Crippen LogP contribution in [-0.2, 0) is 6.54 Å². The van der Waals surface area contributed by atoms with Crippen LogP contribution in [0.1, 0.15) is 68.2 Å². The first kappa shape index (κ1) is 17.9. The number of carbonyl (C=O) groups is 1. The number of aromatic nitrogens is 3. The van der Waals surface area contributed by atoms with E-state index in [1.807, 2.05) is 6.92 Å². The molecule has 0 bridgehead atoms. The van der Waals surface area contributed by atoms with Crippen LogP contribution in [0.25, 0.3) is 0 Å². The second-order valence-corrected chi connectivity index (χ2v) is 7.24. The van der Waals surface area contributed by atoms with Gasteiger partial charge in [0.1, 0.15) is 5.82 Å². The molecule has 1 atom stereocenters. The molecule has 27 heavy (non-hydrogen) atoms. The quantitative estimate of drug-likeness (QED) is 0.860. The van der Waals surface area contributed by atoms with E-state index >= 15 is 0 Å². The van der Waals surface area contributed by atoms with Gasteiger partial charge in [0.05, 0.1) is 11.7 Å². The fourth-order valence-electron chi connectivity index (χ4n) is 4.16. The summed E-state index contributed by atoms with van der Waals surface area (Å²) < 4.78 is 28.5. The molecule has 1 fully saturated rings. The maximum absolute atomic E-state index is 13.2. The van der Waals surface area contributed by atoms with Crippen LogP contribution >= 0.6 is 0 Å². The summed E-state index contributed by atoms with van der Waals surface area (Å²) in [5, 5.41) is 11.4. The van der Waals surface area contributed by atoms with Crippen molar-refractivity contribution in [3.05, 3.63) is 41.5 Å². The topological polar surface area (TPSA) is 63.1 Å². The molecule has 1 aliphatic heterocycles. The van der Waals surface area contributed by atoms with Crippen LogP contribution in [0.15, 0.2) is 24.3 Å². The number of amides is 2. The van der Waals surface area contributed by atoms with E-state index in [1.54, 1.807) is 11.0 Å². The summed E-state index contributed by atoms with van der Waals surface area (Å²) in [6.07, 6.45) is 2.08. The van der Waals surface area contributed by atoms with Crippen molar-refractivity contribution in [1.29, 1.82) is 0 Å². The van der Waals surface area contributed by atoms with Gasteiger partial charge in [0.15, 0.2) is 5.82 Å². The first-order valence-electron chi connectivity index (χ1n) is 9.44. The number of fused-ring (bicyclic) bond motifs is 1. The van der Waals surface area contributed by atoms with Gasteiger partial charge in [-0.3, -0.25) is 0 Å². The molecule has 144 valence electrons. The van der Waals surface area contributed by atoms with Crippen molar-refractivity contribution in [3.63, 3.8) is 0 Å². The molecule has 2 aliphatic rings. The molecule has 1 aromatic carbocycles. The number of benzene rings is 1. The minimum absolute atomic E-state index is 0.142. The first-order chi connectivity index (χ1) is 13.1. The molecule has 2 heterocycles. The highest BCUT2D eigenvalue weighted by Gasteiger charge is 2.34. The van der Waals surface area contributed by atoms with Gasteiger partial charge >= 0.3 is 6.03 Å². The van der Waals surface area contributed by atoms with Crippen molar-refractivity contribution in [3.8, 4) is 0 Å². The van der Waals surface area contributed by atoms with E-state index in [4.69, 9.17) is 0 Å². The summed E-state index contributed by atoms with van der Waals surface area (Å²) in [4.78, 5) is 14.4. The molecule has 1 N–H and O–H groups in total. The molecule has 0 unspecified atom stereocenters. The van der Waals surface area contributed by atoms with Crippen molar-refractivity contribution in [2.45, 2.75) is 57.5 Å². The number of rotatable bonds is 3. The fourth-order valence-corrected chi connectivity index (χ4v) is 4.16. The maximum Gasteiger partial charge on any atom is 0.322 e. The Labute approximate surface area is 156 Å². The third kappa shape index (κ3) is 3.28. The summed E-state index contributed by atoms with van der Waals surface area (Å²) in [5.41, 5.74) is -0.0365. The van der Waals surface area contributed by atoms with Gasteiger partial charge in [-0.15, -0.1) is 10.2 Å². The summed E-state index contributed by atoms with van der Waals surface area (Å²) in [6, 6.07) is 5.32. The molecule has 1 aromatic heterocycles. The van der Waals surface area contributed by atoms with Gasteiger partial charge in [0.25, 0.3) is 6.43 Å². The van der Waals surface area contributed by atoms with Crippen molar-refractivity contribution >= 4 is 11.7 Å². The van der Waals surface area contributed by atoms with E-state index in [0.29, 0.717) is 19.0 Å². The maximum atomic E-state index is 13.2. The van der Waals surface area contributed by atoms with Crippen LogP contribution in [0.2, 0.25) is 0 Å². The second-order valence-electron chi connectivity index (χ2n) is 7.24. The zero-order valence-electron chi connectivity index (χ0n) is 15.2. The Kier molecular flexibility index (Phi) is 4.80.